The van der Waals surface area contributed by atoms with Crippen molar-refractivity contribution >= 4 is 23.1 Å². The van der Waals surface area contributed by atoms with E-state index in [9.17, 15) is 0 Å². The highest BCUT2D eigenvalue weighted by molar-refractivity contribution is 7.10. The maximum absolute atomic E-state index is 3.59. The lowest BCUT2D eigenvalue weighted by atomic mass is 9.86. The number of allylic oxidation sites excluding steroid dienone is 1. The molecule has 0 spiro atoms. The van der Waals surface area contributed by atoms with Crippen LogP contribution in [0.5, 0.6) is 0 Å². The minimum Gasteiger partial charge on any atom is -0.298 e. The highest BCUT2D eigenvalue weighted by Gasteiger charge is 2.26. The Kier molecular flexibility index (Phi) is 5.33. The summed E-state index contributed by atoms with van der Waals surface area (Å²) < 4.78 is 0. The number of hydrogen-bond acceptors (Lipinski definition) is 3. The van der Waals surface area contributed by atoms with E-state index in [1.54, 1.807) is 11.3 Å². The zero-order chi connectivity index (χ0) is 20.4. The third kappa shape index (κ3) is 4.46. The summed E-state index contributed by atoms with van der Waals surface area (Å²) in [6.07, 6.45) is 6.63. The molecule has 1 aliphatic rings. The maximum Gasteiger partial charge on any atom is 0.0958 e. The highest BCUT2D eigenvalue weighted by atomic mass is 32.1. The fraction of sp³-hybridized carbons (Fsp3) is 0.231. The fourth-order valence-corrected chi connectivity index (χ4v) is 4.12. The van der Waals surface area contributed by atoms with E-state index in [1.807, 2.05) is 0 Å². The van der Waals surface area contributed by atoms with Gasteiger partial charge >= 0.3 is 0 Å². The molecule has 0 amide bonds. The number of rotatable bonds is 4. The first-order valence-corrected chi connectivity index (χ1v) is 10.9. The Morgan fingerprint density at radius 2 is 1.66 bits per heavy atom. The van der Waals surface area contributed by atoms with Crippen molar-refractivity contribution in [3.8, 4) is 0 Å². The van der Waals surface area contributed by atoms with Gasteiger partial charge in [0.25, 0.3) is 0 Å². The molecular weight excluding hydrogens is 372 g/mol. The van der Waals surface area contributed by atoms with E-state index in [0.29, 0.717) is 0 Å². The van der Waals surface area contributed by atoms with Gasteiger partial charge in [0, 0.05) is 4.88 Å². The number of nitrogens with zero attached hydrogens (tertiary/aromatic N) is 1. The summed E-state index contributed by atoms with van der Waals surface area (Å²) in [6.45, 7) is 8.89. The van der Waals surface area contributed by atoms with Crippen LogP contribution in [0.4, 0.5) is 5.69 Å². The molecule has 29 heavy (non-hydrogen) atoms. The number of thiophene rings is 1. The Balaban J connectivity index is 1.66. The molecule has 0 saturated heterocycles. The van der Waals surface area contributed by atoms with Crippen LogP contribution in [0.2, 0.25) is 0 Å². The summed E-state index contributed by atoms with van der Waals surface area (Å²) in [5.41, 5.74) is 9.94. The molecule has 1 atom stereocenters. The molecule has 0 radical (unpaired) electrons. The zero-order valence-corrected chi connectivity index (χ0v) is 18.3. The van der Waals surface area contributed by atoms with Gasteiger partial charge in [0.05, 0.1) is 17.4 Å². The third-order valence-corrected chi connectivity index (χ3v) is 6.10. The van der Waals surface area contributed by atoms with Crippen molar-refractivity contribution in [2.24, 2.45) is 0 Å². The lowest BCUT2D eigenvalue weighted by molar-refractivity contribution is 0.589. The number of hydrogen-bond donors (Lipinski definition) is 1. The van der Waals surface area contributed by atoms with Crippen LogP contribution in [0.15, 0.2) is 83.9 Å². The Morgan fingerprint density at radius 3 is 2.28 bits per heavy atom. The lowest BCUT2D eigenvalue weighted by Crippen LogP contribution is -2.34. The average molecular weight is 401 g/mol. The number of aryl methyl sites for hydroxylation is 1. The standard InChI is InChI=1S/C26H28N2S/c1-19-7-14-23(15-8-19)28-25(20-9-11-21(12-10-20)26(2,3)4)18-22(27-28)13-16-24-6-5-17-29-24/h5-18,25,27H,1-4H3. The van der Waals surface area contributed by atoms with Crippen LogP contribution in [0, 0.1) is 6.92 Å². The van der Waals surface area contributed by atoms with Crippen LogP contribution in [0.1, 0.15) is 48.4 Å². The fourth-order valence-electron chi connectivity index (χ4n) is 3.50. The monoisotopic (exact) mass is 400 g/mol. The molecule has 2 nitrogen and oxygen atoms in total. The van der Waals surface area contributed by atoms with Crippen LogP contribution < -0.4 is 10.4 Å². The molecule has 0 aliphatic carbocycles. The lowest BCUT2D eigenvalue weighted by Gasteiger charge is -2.28. The van der Waals surface area contributed by atoms with Crippen molar-refractivity contribution in [2.75, 3.05) is 5.01 Å². The molecule has 0 saturated carbocycles. The Bertz CT molecular complexity index is 1000. The van der Waals surface area contributed by atoms with Gasteiger partial charge in [0.1, 0.15) is 0 Å². The molecule has 1 aromatic heterocycles. The summed E-state index contributed by atoms with van der Waals surface area (Å²) in [6, 6.07) is 22.1. The number of benzene rings is 2. The van der Waals surface area contributed by atoms with Crippen molar-refractivity contribution in [2.45, 2.75) is 39.2 Å². The second-order valence-corrected chi connectivity index (χ2v) is 9.58. The van der Waals surface area contributed by atoms with E-state index in [4.69, 9.17) is 0 Å². The molecule has 1 N–H and O–H groups in total. The second-order valence-electron chi connectivity index (χ2n) is 8.60. The number of hydrazine groups is 1. The van der Waals surface area contributed by atoms with E-state index in [1.165, 1.54) is 21.6 Å². The third-order valence-electron chi connectivity index (χ3n) is 5.27. The van der Waals surface area contributed by atoms with Crippen LogP contribution in [0.3, 0.4) is 0 Å². The smallest absolute Gasteiger partial charge is 0.0958 e. The van der Waals surface area contributed by atoms with Crippen molar-refractivity contribution in [3.05, 3.63) is 105 Å². The van der Waals surface area contributed by atoms with E-state index in [-0.39, 0.29) is 11.5 Å². The molecule has 3 aromatic rings. The Labute approximate surface area is 178 Å². The molecule has 3 heteroatoms. The summed E-state index contributed by atoms with van der Waals surface area (Å²) >= 11 is 1.75. The quantitative estimate of drug-likeness (QED) is 0.506. The molecule has 2 heterocycles. The molecular formula is C26H28N2S. The number of nitrogens with one attached hydrogen (secondary N) is 1. The molecule has 0 fully saturated rings. The molecule has 4 rings (SSSR count). The average Bonchev–Trinajstić information content (AvgIpc) is 3.36. The van der Waals surface area contributed by atoms with Crippen molar-refractivity contribution < 1.29 is 0 Å². The van der Waals surface area contributed by atoms with E-state index in [2.05, 4.69) is 122 Å². The van der Waals surface area contributed by atoms with Gasteiger partial charge in [-0.1, -0.05) is 68.8 Å². The Morgan fingerprint density at radius 1 is 0.931 bits per heavy atom. The first kappa shape index (κ1) is 19.5. The van der Waals surface area contributed by atoms with Gasteiger partial charge in [-0.15, -0.1) is 11.3 Å². The first-order valence-electron chi connectivity index (χ1n) is 10.1. The molecule has 0 bridgehead atoms. The van der Waals surface area contributed by atoms with Crippen molar-refractivity contribution in [1.29, 1.82) is 0 Å². The van der Waals surface area contributed by atoms with E-state index >= 15 is 0 Å². The number of anilines is 1. The van der Waals surface area contributed by atoms with Gasteiger partial charge in [0.2, 0.25) is 0 Å². The topological polar surface area (TPSA) is 15.3 Å². The van der Waals surface area contributed by atoms with Gasteiger partial charge in [-0.05, 0) is 65.3 Å². The van der Waals surface area contributed by atoms with Gasteiger partial charge in [-0.2, -0.15) is 0 Å². The summed E-state index contributed by atoms with van der Waals surface area (Å²) in [4.78, 5) is 1.26. The van der Waals surface area contributed by atoms with E-state index < -0.39 is 0 Å². The Hall–Kier alpha value is -2.78. The van der Waals surface area contributed by atoms with Crippen LogP contribution in [0.25, 0.3) is 6.08 Å². The predicted octanol–water partition coefficient (Wildman–Crippen LogP) is 7.02. The van der Waals surface area contributed by atoms with Gasteiger partial charge in [0.15, 0.2) is 0 Å². The van der Waals surface area contributed by atoms with Crippen molar-refractivity contribution in [1.82, 2.24) is 5.43 Å². The van der Waals surface area contributed by atoms with Gasteiger partial charge < -0.3 is 0 Å². The summed E-state index contributed by atoms with van der Waals surface area (Å²) in [7, 11) is 0. The SMILES string of the molecule is Cc1ccc(N2NC(C=Cc3cccs3)=CC2c2ccc(C(C)(C)C)cc2)cc1. The second kappa shape index (κ2) is 7.92. The molecule has 2 aromatic carbocycles. The predicted molar refractivity (Wildman–Crippen MR) is 126 cm³/mol. The first-order chi connectivity index (χ1) is 13.9. The van der Waals surface area contributed by atoms with Crippen molar-refractivity contribution in [3.63, 3.8) is 0 Å². The summed E-state index contributed by atoms with van der Waals surface area (Å²) in [5.74, 6) is 0. The summed E-state index contributed by atoms with van der Waals surface area (Å²) in [5, 5.41) is 4.36. The zero-order valence-electron chi connectivity index (χ0n) is 17.5. The van der Waals surface area contributed by atoms with Crippen LogP contribution in [-0.2, 0) is 5.41 Å². The minimum absolute atomic E-state index is 0.148. The minimum atomic E-state index is 0.148. The molecule has 148 valence electrons. The van der Waals surface area contributed by atoms with Gasteiger partial charge in [-0.25, -0.2) is 0 Å². The largest absolute Gasteiger partial charge is 0.298 e. The maximum atomic E-state index is 3.59. The van der Waals surface area contributed by atoms with E-state index in [0.717, 1.165) is 11.4 Å². The molecule has 1 aliphatic heterocycles. The van der Waals surface area contributed by atoms with Gasteiger partial charge in [-0.3, -0.25) is 10.4 Å². The van der Waals surface area contributed by atoms with Crippen LogP contribution in [-0.4, -0.2) is 0 Å². The molecule has 1 unspecified atom stereocenters. The van der Waals surface area contributed by atoms with Crippen LogP contribution >= 0.6 is 11.3 Å². The normalized spacial score (nSPS) is 16.9. The highest BCUT2D eigenvalue weighted by Crippen LogP contribution is 2.34.